The number of hydrogen-bond acceptors (Lipinski definition) is 2. The lowest BCUT2D eigenvalue weighted by molar-refractivity contribution is 0.0428. The van der Waals surface area contributed by atoms with E-state index >= 15 is 0 Å². The average molecular weight is 233 g/mol. The highest BCUT2D eigenvalue weighted by Gasteiger charge is 2.11. The maximum atomic E-state index is 11.7. The summed E-state index contributed by atoms with van der Waals surface area (Å²) in [4.78, 5) is 11.7. The van der Waals surface area contributed by atoms with E-state index in [2.05, 4.69) is 19.9 Å². The van der Waals surface area contributed by atoms with Crippen molar-refractivity contribution in [1.82, 2.24) is 0 Å². The van der Waals surface area contributed by atoms with Gasteiger partial charge in [0.1, 0.15) is 0 Å². The van der Waals surface area contributed by atoms with Gasteiger partial charge in [0.2, 0.25) is 0 Å². The number of esters is 1. The minimum atomic E-state index is -0.263. The lowest BCUT2D eigenvalue weighted by Crippen LogP contribution is -2.14. The van der Waals surface area contributed by atoms with Gasteiger partial charge in [-0.15, -0.1) is 0 Å². The maximum Gasteiger partial charge on any atom is 0.338 e. The molecular weight excluding hydrogens is 212 g/mol. The van der Waals surface area contributed by atoms with Gasteiger partial charge in [0.25, 0.3) is 0 Å². The Hall–Kier alpha value is -1.31. The topological polar surface area (TPSA) is 26.3 Å². The number of carbonyl (C=O) groups is 1. The monoisotopic (exact) mass is 233 g/mol. The molecular formula is C15H21O2. The average Bonchev–Trinajstić information content (AvgIpc) is 2.39. The number of unbranched alkanes of at least 4 members (excludes halogenated alkanes) is 1. The molecule has 0 aliphatic carbocycles. The van der Waals surface area contributed by atoms with E-state index in [0.717, 1.165) is 12.8 Å². The van der Waals surface area contributed by atoms with E-state index in [1.165, 1.54) is 12.8 Å². The molecule has 0 N–H and O–H groups in total. The molecule has 1 rings (SSSR count). The van der Waals surface area contributed by atoms with Gasteiger partial charge in [-0.1, -0.05) is 51.3 Å². The molecule has 1 aromatic carbocycles. The van der Waals surface area contributed by atoms with E-state index < -0.39 is 0 Å². The van der Waals surface area contributed by atoms with Crippen LogP contribution in [0, 0.1) is 12.0 Å². The number of hydrogen-bond donors (Lipinski definition) is 0. The maximum absolute atomic E-state index is 11.7. The summed E-state index contributed by atoms with van der Waals surface area (Å²) in [5.74, 6) is 0.225. The predicted molar refractivity (Wildman–Crippen MR) is 68.9 cm³/mol. The first-order valence-electron chi connectivity index (χ1n) is 6.41. The van der Waals surface area contributed by atoms with Crippen molar-refractivity contribution in [3.05, 3.63) is 35.9 Å². The summed E-state index contributed by atoms with van der Waals surface area (Å²) in [6.07, 6.45) is 4.59. The third-order valence-electron chi connectivity index (χ3n) is 2.92. The molecule has 0 heterocycles. The van der Waals surface area contributed by atoms with Crippen LogP contribution in [0.15, 0.2) is 24.3 Å². The fourth-order valence-electron chi connectivity index (χ4n) is 1.69. The Balaban J connectivity index is 2.36. The molecule has 0 aliphatic heterocycles. The zero-order valence-corrected chi connectivity index (χ0v) is 10.7. The highest BCUT2D eigenvalue weighted by Crippen LogP contribution is 2.13. The summed E-state index contributed by atoms with van der Waals surface area (Å²) in [7, 11) is 0. The molecule has 0 bridgehead atoms. The van der Waals surface area contributed by atoms with E-state index in [4.69, 9.17) is 4.74 Å². The van der Waals surface area contributed by atoms with Crippen LogP contribution in [0.1, 0.15) is 49.9 Å². The molecule has 0 aromatic heterocycles. The first-order chi connectivity index (χ1) is 8.27. The van der Waals surface area contributed by atoms with Crippen LogP contribution in [-0.2, 0) is 4.74 Å². The van der Waals surface area contributed by atoms with E-state index in [1.54, 1.807) is 12.1 Å². The van der Waals surface area contributed by atoms with Crippen LogP contribution >= 0.6 is 0 Å². The zero-order chi connectivity index (χ0) is 12.5. The molecule has 1 aromatic rings. The summed E-state index contributed by atoms with van der Waals surface area (Å²) in [6, 6.07) is 10.00. The van der Waals surface area contributed by atoms with Crippen LogP contribution in [0.25, 0.3) is 0 Å². The van der Waals surface area contributed by atoms with E-state index in [9.17, 15) is 4.79 Å². The Morgan fingerprint density at radius 2 is 2.24 bits per heavy atom. The summed E-state index contributed by atoms with van der Waals surface area (Å²) >= 11 is 0. The van der Waals surface area contributed by atoms with Crippen molar-refractivity contribution in [2.45, 2.75) is 39.5 Å². The van der Waals surface area contributed by atoms with E-state index in [0.29, 0.717) is 18.1 Å². The molecule has 0 aliphatic rings. The van der Waals surface area contributed by atoms with Gasteiger partial charge in [-0.25, -0.2) is 4.79 Å². The lowest BCUT2D eigenvalue weighted by atomic mass is 10.0. The summed E-state index contributed by atoms with van der Waals surface area (Å²) in [6.45, 7) is 4.85. The fourth-order valence-corrected chi connectivity index (χ4v) is 1.69. The second-order valence-corrected chi connectivity index (χ2v) is 4.29. The lowest BCUT2D eigenvalue weighted by Gasteiger charge is -2.14. The Labute approximate surface area is 104 Å². The molecule has 1 atom stereocenters. The standard InChI is InChI=1S/C15H21O2/c1-3-5-9-13(4-2)12-17-15(16)14-10-7-6-8-11-14/h6-8,10,13H,3-5,9,12H2,1-2H3. The van der Waals surface area contributed by atoms with Crippen LogP contribution in [0.4, 0.5) is 0 Å². The van der Waals surface area contributed by atoms with Crippen LogP contribution in [0.2, 0.25) is 0 Å². The van der Waals surface area contributed by atoms with Crippen molar-refractivity contribution in [3.63, 3.8) is 0 Å². The quantitative estimate of drug-likeness (QED) is 0.668. The fraction of sp³-hybridized carbons (Fsp3) is 0.533. The van der Waals surface area contributed by atoms with E-state index in [1.807, 2.05) is 12.1 Å². The molecule has 2 heteroatoms. The van der Waals surface area contributed by atoms with Gasteiger partial charge in [-0.05, 0) is 24.5 Å². The second-order valence-electron chi connectivity index (χ2n) is 4.29. The van der Waals surface area contributed by atoms with Gasteiger partial charge in [0, 0.05) is 0 Å². The minimum absolute atomic E-state index is 0.263. The number of carbonyl (C=O) groups excluding carboxylic acids is 1. The van der Waals surface area contributed by atoms with Crippen molar-refractivity contribution in [2.24, 2.45) is 5.92 Å². The van der Waals surface area contributed by atoms with Crippen LogP contribution < -0.4 is 0 Å². The van der Waals surface area contributed by atoms with Crippen molar-refractivity contribution >= 4 is 5.97 Å². The van der Waals surface area contributed by atoms with Crippen LogP contribution in [0.3, 0.4) is 0 Å². The van der Waals surface area contributed by atoms with Gasteiger partial charge >= 0.3 is 5.97 Å². The Bertz CT molecular complexity index is 319. The molecule has 2 nitrogen and oxygen atoms in total. The first kappa shape index (κ1) is 13.8. The van der Waals surface area contributed by atoms with Crippen LogP contribution in [-0.4, -0.2) is 12.6 Å². The Morgan fingerprint density at radius 3 is 2.82 bits per heavy atom. The van der Waals surface area contributed by atoms with E-state index in [-0.39, 0.29) is 5.97 Å². The zero-order valence-electron chi connectivity index (χ0n) is 10.7. The van der Waals surface area contributed by atoms with Gasteiger partial charge in [-0.2, -0.15) is 0 Å². The molecule has 0 fully saturated rings. The first-order valence-corrected chi connectivity index (χ1v) is 6.41. The number of benzene rings is 1. The highest BCUT2D eigenvalue weighted by molar-refractivity contribution is 5.88. The van der Waals surface area contributed by atoms with Gasteiger partial charge in [-0.3, -0.25) is 0 Å². The Kier molecular flexibility index (Phi) is 6.38. The normalized spacial score (nSPS) is 12.1. The highest BCUT2D eigenvalue weighted by atomic mass is 16.5. The van der Waals surface area contributed by atoms with Crippen molar-refractivity contribution in [2.75, 3.05) is 6.61 Å². The molecule has 0 amide bonds. The molecule has 0 spiro atoms. The SMILES string of the molecule is CCCCC(CC)COC(=O)c1[c]cccc1. The minimum Gasteiger partial charge on any atom is -0.462 e. The van der Waals surface area contributed by atoms with Gasteiger partial charge < -0.3 is 4.74 Å². The van der Waals surface area contributed by atoms with Crippen molar-refractivity contribution in [3.8, 4) is 0 Å². The number of ether oxygens (including phenoxy) is 1. The van der Waals surface area contributed by atoms with Gasteiger partial charge in [0.15, 0.2) is 0 Å². The summed E-state index contributed by atoms with van der Waals surface area (Å²) in [5.41, 5.74) is 0.512. The molecule has 1 radical (unpaired) electrons. The number of rotatable bonds is 7. The van der Waals surface area contributed by atoms with Crippen molar-refractivity contribution < 1.29 is 9.53 Å². The molecule has 93 valence electrons. The van der Waals surface area contributed by atoms with Gasteiger partial charge in [0.05, 0.1) is 12.2 Å². The largest absolute Gasteiger partial charge is 0.462 e. The Morgan fingerprint density at radius 1 is 1.41 bits per heavy atom. The molecule has 0 saturated heterocycles. The smallest absolute Gasteiger partial charge is 0.338 e. The van der Waals surface area contributed by atoms with Crippen molar-refractivity contribution in [1.29, 1.82) is 0 Å². The summed E-state index contributed by atoms with van der Waals surface area (Å²) < 4.78 is 5.31. The predicted octanol–water partition coefficient (Wildman–Crippen LogP) is 3.86. The molecule has 1 unspecified atom stereocenters. The third-order valence-corrected chi connectivity index (χ3v) is 2.92. The summed E-state index contributed by atoms with van der Waals surface area (Å²) in [5, 5.41) is 0. The molecule has 17 heavy (non-hydrogen) atoms. The molecule has 0 saturated carbocycles. The second kappa shape index (κ2) is 7.88. The third kappa shape index (κ3) is 5.03. The van der Waals surface area contributed by atoms with Crippen LogP contribution in [0.5, 0.6) is 0 Å².